The van der Waals surface area contributed by atoms with Gasteiger partial charge in [-0.25, -0.2) is 9.78 Å². The Kier molecular flexibility index (Phi) is 3.30. The van der Waals surface area contributed by atoms with Gasteiger partial charge in [-0.15, -0.1) is 0 Å². The second kappa shape index (κ2) is 5.11. The summed E-state index contributed by atoms with van der Waals surface area (Å²) in [6, 6.07) is 3.13. The molecule has 1 N–H and O–H groups in total. The Morgan fingerprint density at radius 2 is 2.25 bits per heavy atom. The summed E-state index contributed by atoms with van der Waals surface area (Å²) in [6.45, 7) is 1.53. The van der Waals surface area contributed by atoms with Crippen LogP contribution in [0.5, 0.6) is 5.88 Å². The van der Waals surface area contributed by atoms with Crippen LogP contribution in [-0.4, -0.2) is 41.5 Å². The minimum atomic E-state index is -1.08. The van der Waals surface area contributed by atoms with Crippen molar-refractivity contribution in [2.24, 2.45) is 5.92 Å². The zero-order valence-corrected chi connectivity index (χ0v) is 11.0. The lowest BCUT2D eigenvalue weighted by molar-refractivity contribution is -0.116. The number of carboxylic acid groups (broad SMARTS) is 1. The molecule has 1 saturated carbocycles. The molecule has 6 heteroatoms. The van der Waals surface area contributed by atoms with E-state index in [1.165, 1.54) is 6.07 Å². The fourth-order valence-electron chi connectivity index (χ4n) is 2.22. The first-order valence-electron chi connectivity index (χ1n) is 6.77. The quantitative estimate of drug-likeness (QED) is 0.874. The van der Waals surface area contributed by atoms with Crippen LogP contribution in [0.4, 0.5) is 5.69 Å². The average molecular weight is 276 g/mol. The molecule has 2 aliphatic rings. The van der Waals surface area contributed by atoms with Crippen molar-refractivity contribution in [3.8, 4) is 5.88 Å². The molecule has 0 spiro atoms. The molecule has 1 aliphatic carbocycles. The minimum Gasteiger partial charge on any atom is -0.477 e. The van der Waals surface area contributed by atoms with Gasteiger partial charge in [-0.2, -0.15) is 0 Å². The van der Waals surface area contributed by atoms with Crippen molar-refractivity contribution in [1.29, 1.82) is 0 Å². The van der Waals surface area contributed by atoms with Gasteiger partial charge in [-0.05, 0) is 30.9 Å². The maximum absolute atomic E-state index is 11.4. The van der Waals surface area contributed by atoms with Crippen LogP contribution in [0.2, 0.25) is 0 Å². The monoisotopic (exact) mass is 276 g/mol. The number of ether oxygens (including phenoxy) is 1. The highest BCUT2D eigenvalue weighted by Gasteiger charge is 2.26. The number of pyridine rings is 1. The first-order chi connectivity index (χ1) is 9.63. The summed E-state index contributed by atoms with van der Waals surface area (Å²) in [5.41, 5.74) is 0.673. The van der Waals surface area contributed by atoms with Gasteiger partial charge in [0.05, 0.1) is 13.2 Å². The zero-order valence-electron chi connectivity index (χ0n) is 11.0. The molecule has 20 heavy (non-hydrogen) atoms. The number of ketones is 1. The second-order valence-electron chi connectivity index (χ2n) is 5.29. The summed E-state index contributed by atoms with van der Waals surface area (Å²) in [5.74, 6) is -0.0179. The van der Waals surface area contributed by atoms with E-state index in [1.54, 1.807) is 6.07 Å². The molecule has 6 nitrogen and oxygen atoms in total. The van der Waals surface area contributed by atoms with Crippen LogP contribution in [0.1, 0.15) is 29.8 Å². The molecule has 1 saturated heterocycles. The normalized spacial score (nSPS) is 18.4. The van der Waals surface area contributed by atoms with Crippen molar-refractivity contribution >= 4 is 17.4 Å². The molecule has 0 amide bonds. The van der Waals surface area contributed by atoms with Gasteiger partial charge in [0.15, 0.2) is 11.5 Å². The number of Topliss-reactive ketones (excluding diaryl/α,β-unsaturated/α-hetero) is 1. The number of carbonyl (C=O) groups excluding carboxylic acids is 1. The number of anilines is 1. The summed E-state index contributed by atoms with van der Waals surface area (Å²) in [5, 5.41) is 9.01. The molecular weight excluding hydrogens is 260 g/mol. The molecule has 1 aromatic heterocycles. The van der Waals surface area contributed by atoms with E-state index in [0.717, 1.165) is 12.8 Å². The number of hydrogen-bond acceptors (Lipinski definition) is 5. The number of aromatic nitrogens is 1. The zero-order chi connectivity index (χ0) is 14.1. The molecule has 0 radical (unpaired) electrons. The van der Waals surface area contributed by atoms with Gasteiger partial charge < -0.3 is 14.7 Å². The molecule has 2 fully saturated rings. The Morgan fingerprint density at radius 1 is 1.45 bits per heavy atom. The molecule has 0 atom stereocenters. The first kappa shape index (κ1) is 12.9. The van der Waals surface area contributed by atoms with E-state index in [2.05, 4.69) is 4.98 Å². The van der Waals surface area contributed by atoms with E-state index < -0.39 is 5.97 Å². The van der Waals surface area contributed by atoms with E-state index in [0.29, 0.717) is 43.6 Å². The maximum Gasteiger partial charge on any atom is 0.354 e. The van der Waals surface area contributed by atoms with E-state index in [4.69, 9.17) is 9.84 Å². The highest BCUT2D eigenvalue weighted by molar-refractivity contribution is 5.89. The van der Waals surface area contributed by atoms with Crippen LogP contribution >= 0.6 is 0 Å². The van der Waals surface area contributed by atoms with Gasteiger partial charge in [0.2, 0.25) is 5.88 Å². The van der Waals surface area contributed by atoms with Crippen LogP contribution in [0.25, 0.3) is 0 Å². The van der Waals surface area contributed by atoms with E-state index in [9.17, 15) is 9.59 Å². The Bertz CT molecular complexity index is 554. The van der Waals surface area contributed by atoms with Gasteiger partial charge in [0.25, 0.3) is 0 Å². The topological polar surface area (TPSA) is 79.7 Å². The summed E-state index contributed by atoms with van der Waals surface area (Å²) in [7, 11) is 0. The Morgan fingerprint density at radius 3 is 2.85 bits per heavy atom. The maximum atomic E-state index is 11.4. The number of aromatic carboxylic acids is 1. The number of nitrogens with zero attached hydrogens (tertiary/aromatic N) is 2. The van der Waals surface area contributed by atoms with E-state index >= 15 is 0 Å². The van der Waals surface area contributed by atoms with Gasteiger partial charge >= 0.3 is 5.97 Å². The van der Waals surface area contributed by atoms with Crippen molar-refractivity contribution in [2.75, 3.05) is 24.6 Å². The van der Waals surface area contributed by atoms with Crippen molar-refractivity contribution < 1.29 is 19.4 Å². The van der Waals surface area contributed by atoms with Crippen molar-refractivity contribution in [1.82, 2.24) is 4.98 Å². The van der Waals surface area contributed by atoms with Crippen LogP contribution in [0, 0.1) is 5.92 Å². The fraction of sp³-hybridized carbons (Fsp3) is 0.500. The number of hydrogen-bond donors (Lipinski definition) is 1. The highest BCUT2D eigenvalue weighted by Crippen LogP contribution is 2.33. The largest absolute Gasteiger partial charge is 0.477 e. The van der Waals surface area contributed by atoms with Crippen LogP contribution in [0.15, 0.2) is 12.1 Å². The molecule has 2 heterocycles. The van der Waals surface area contributed by atoms with Gasteiger partial charge in [-0.3, -0.25) is 4.79 Å². The van der Waals surface area contributed by atoms with Gasteiger partial charge in [0.1, 0.15) is 5.69 Å². The fourth-order valence-corrected chi connectivity index (χ4v) is 2.22. The Hall–Kier alpha value is -2.11. The summed E-state index contributed by atoms with van der Waals surface area (Å²) in [4.78, 5) is 28.4. The van der Waals surface area contributed by atoms with Crippen LogP contribution in [0.3, 0.4) is 0 Å². The Labute approximate surface area is 116 Å². The number of carboxylic acids is 1. The number of carbonyl (C=O) groups is 2. The molecule has 3 rings (SSSR count). The second-order valence-corrected chi connectivity index (χ2v) is 5.29. The van der Waals surface area contributed by atoms with Crippen LogP contribution < -0.4 is 9.64 Å². The molecule has 0 aromatic carbocycles. The van der Waals surface area contributed by atoms with Crippen LogP contribution in [-0.2, 0) is 4.79 Å². The smallest absolute Gasteiger partial charge is 0.354 e. The third kappa shape index (κ3) is 2.74. The van der Waals surface area contributed by atoms with E-state index in [-0.39, 0.29) is 11.5 Å². The third-order valence-electron chi connectivity index (χ3n) is 3.58. The predicted octanol–water partition coefficient (Wildman–Crippen LogP) is 1.35. The molecular formula is C14H16N2O4. The predicted molar refractivity (Wildman–Crippen MR) is 71.3 cm³/mol. The molecule has 1 aliphatic heterocycles. The van der Waals surface area contributed by atoms with Gasteiger partial charge in [0, 0.05) is 13.0 Å². The number of rotatable bonds is 5. The summed E-state index contributed by atoms with van der Waals surface area (Å²) < 4.78 is 5.67. The highest BCUT2D eigenvalue weighted by atomic mass is 16.5. The SMILES string of the molecule is O=C1CCN(c2ccc(C(=O)O)nc2OCC2CC2)C1. The lowest BCUT2D eigenvalue weighted by atomic mass is 10.3. The summed E-state index contributed by atoms with van der Waals surface area (Å²) >= 11 is 0. The van der Waals surface area contributed by atoms with Crippen molar-refractivity contribution in [3.63, 3.8) is 0 Å². The molecule has 106 valence electrons. The standard InChI is InChI=1S/C14H16N2O4/c17-10-5-6-16(7-10)12-4-3-11(14(18)19)15-13(12)20-8-9-1-2-9/h3-4,9H,1-2,5-8H2,(H,18,19). The van der Waals surface area contributed by atoms with Gasteiger partial charge in [-0.1, -0.05) is 0 Å². The lowest BCUT2D eigenvalue weighted by Crippen LogP contribution is -2.21. The first-order valence-corrected chi connectivity index (χ1v) is 6.77. The molecule has 0 bridgehead atoms. The lowest BCUT2D eigenvalue weighted by Gasteiger charge is -2.20. The Balaban J connectivity index is 1.85. The molecule has 0 unspecified atom stereocenters. The molecule has 1 aromatic rings. The van der Waals surface area contributed by atoms with E-state index in [1.807, 2.05) is 4.90 Å². The minimum absolute atomic E-state index is 0.0370. The third-order valence-corrected chi connectivity index (χ3v) is 3.58. The van der Waals surface area contributed by atoms with Crippen molar-refractivity contribution in [2.45, 2.75) is 19.3 Å². The average Bonchev–Trinajstić information content (AvgIpc) is 3.17. The summed E-state index contributed by atoms with van der Waals surface area (Å²) in [6.07, 6.45) is 2.81. The van der Waals surface area contributed by atoms with Crippen molar-refractivity contribution in [3.05, 3.63) is 17.8 Å².